The molecule has 1 aromatic carbocycles. The number of aliphatic carboxylic acids is 1. The number of carboxylic acid groups (broad SMARTS) is 1. The SMILES string of the molecule is CCC12CC3C(C(=O)O)CC1C(Cc1ccc(O)cc12)N3C. The number of phenols is 1. The highest BCUT2D eigenvalue weighted by Gasteiger charge is 2.61. The van der Waals surface area contributed by atoms with Crippen molar-refractivity contribution >= 4 is 5.97 Å². The third-order valence-corrected chi connectivity index (χ3v) is 6.77. The summed E-state index contributed by atoms with van der Waals surface area (Å²) in [5.74, 6) is -0.191. The van der Waals surface area contributed by atoms with Crippen LogP contribution in [0.1, 0.15) is 37.3 Å². The number of rotatable bonds is 2. The van der Waals surface area contributed by atoms with Crippen LogP contribution in [0.5, 0.6) is 5.75 Å². The van der Waals surface area contributed by atoms with Crippen molar-refractivity contribution in [1.29, 1.82) is 0 Å². The Morgan fingerprint density at radius 2 is 2.18 bits per heavy atom. The van der Waals surface area contributed by atoms with Crippen LogP contribution >= 0.6 is 0 Å². The van der Waals surface area contributed by atoms with Crippen molar-refractivity contribution in [3.8, 4) is 5.75 Å². The molecule has 5 unspecified atom stereocenters. The molecule has 5 atom stereocenters. The highest BCUT2D eigenvalue weighted by molar-refractivity contribution is 5.72. The molecule has 2 aliphatic heterocycles. The zero-order valence-electron chi connectivity index (χ0n) is 13.1. The Labute approximate surface area is 130 Å². The summed E-state index contributed by atoms with van der Waals surface area (Å²) in [5.41, 5.74) is 2.65. The van der Waals surface area contributed by atoms with Gasteiger partial charge in [0.1, 0.15) is 5.75 Å². The molecule has 118 valence electrons. The van der Waals surface area contributed by atoms with Crippen LogP contribution < -0.4 is 0 Å². The van der Waals surface area contributed by atoms with Gasteiger partial charge in [-0.3, -0.25) is 9.69 Å². The number of phenolic OH excluding ortho intramolecular Hbond substituents is 1. The second-order valence-corrected chi connectivity index (χ2v) is 7.35. The molecule has 2 heterocycles. The molecule has 2 aliphatic carbocycles. The standard InChI is InChI=1S/C18H23NO3/c1-3-18-9-16-12(17(21)22)8-14(18)15(19(16)2)6-10-4-5-11(20)7-13(10)18/h4-5,7,12,14-16,20H,3,6,8-9H2,1-2H3,(H,21,22). The number of hydrogen-bond donors (Lipinski definition) is 2. The Balaban J connectivity index is 1.87. The highest BCUT2D eigenvalue weighted by Crippen LogP contribution is 2.59. The first-order valence-electron chi connectivity index (χ1n) is 8.25. The zero-order chi connectivity index (χ0) is 15.6. The molecule has 2 saturated heterocycles. The molecular weight excluding hydrogens is 278 g/mol. The van der Waals surface area contributed by atoms with E-state index in [0.717, 1.165) is 25.7 Å². The summed E-state index contributed by atoms with van der Waals surface area (Å²) in [6.45, 7) is 2.21. The van der Waals surface area contributed by atoms with Gasteiger partial charge in [0.2, 0.25) is 0 Å². The van der Waals surface area contributed by atoms with Gasteiger partial charge in [-0.1, -0.05) is 13.0 Å². The second-order valence-electron chi connectivity index (χ2n) is 7.35. The first-order chi connectivity index (χ1) is 10.5. The van der Waals surface area contributed by atoms with Crippen molar-refractivity contribution in [2.24, 2.45) is 11.8 Å². The first-order valence-corrected chi connectivity index (χ1v) is 8.25. The first kappa shape index (κ1) is 14.1. The molecule has 1 saturated carbocycles. The molecule has 0 aromatic heterocycles. The van der Waals surface area contributed by atoms with Gasteiger partial charge in [0.05, 0.1) is 5.92 Å². The van der Waals surface area contributed by atoms with E-state index in [2.05, 4.69) is 24.9 Å². The van der Waals surface area contributed by atoms with Crippen molar-refractivity contribution < 1.29 is 15.0 Å². The topological polar surface area (TPSA) is 60.8 Å². The fourth-order valence-corrected chi connectivity index (χ4v) is 5.70. The summed E-state index contributed by atoms with van der Waals surface area (Å²) < 4.78 is 0. The lowest BCUT2D eigenvalue weighted by Gasteiger charge is -2.64. The number of likely N-dealkylation sites (N-methyl/N-ethyl adjacent to an activating group) is 1. The third kappa shape index (κ3) is 1.59. The normalized spacial score (nSPS) is 39.5. The molecule has 0 spiro atoms. The lowest BCUT2D eigenvalue weighted by Crippen LogP contribution is -2.69. The summed E-state index contributed by atoms with van der Waals surface area (Å²) in [4.78, 5) is 14.0. The van der Waals surface area contributed by atoms with Gasteiger partial charge >= 0.3 is 5.97 Å². The number of carbonyl (C=O) groups is 1. The monoisotopic (exact) mass is 301 g/mol. The minimum Gasteiger partial charge on any atom is -0.508 e. The number of hydrogen-bond acceptors (Lipinski definition) is 3. The molecular formula is C18H23NO3. The number of fused-ring (bicyclic) bond motifs is 2. The van der Waals surface area contributed by atoms with E-state index in [1.54, 1.807) is 6.07 Å². The van der Waals surface area contributed by atoms with Gasteiger partial charge in [0.25, 0.3) is 0 Å². The summed E-state index contributed by atoms with van der Waals surface area (Å²) in [6.07, 6.45) is 3.66. The summed E-state index contributed by atoms with van der Waals surface area (Å²) in [6, 6.07) is 6.32. The number of piperidine rings is 2. The number of carboxylic acids is 1. The lowest BCUT2D eigenvalue weighted by atomic mass is 9.48. The summed E-state index contributed by atoms with van der Waals surface area (Å²) >= 11 is 0. The Morgan fingerprint density at radius 1 is 1.41 bits per heavy atom. The number of nitrogens with zero attached hydrogens (tertiary/aromatic N) is 1. The summed E-state index contributed by atoms with van der Waals surface area (Å²) in [5, 5.41) is 19.5. The van der Waals surface area contributed by atoms with E-state index < -0.39 is 5.97 Å². The van der Waals surface area contributed by atoms with E-state index in [-0.39, 0.29) is 17.4 Å². The van der Waals surface area contributed by atoms with Crippen LogP contribution in [-0.2, 0) is 16.6 Å². The van der Waals surface area contributed by atoms with Crippen LogP contribution in [0.3, 0.4) is 0 Å². The minimum absolute atomic E-state index is 0.0418. The van der Waals surface area contributed by atoms with Crippen molar-refractivity contribution in [1.82, 2.24) is 4.90 Å². The van der Waals surface area contributed by atoms with Gasteiger partial charge in [-0.05, 0) is 61.9 Å². The maximum absolute atomic E-state index is 11.6. The molecule has 4 nitrogen and oxygen atoms in total. The van der Waals surface area contributed by atoms with Crippen molar-refractivity contribution in [2.75, 3.05) is 7.05 Å². The quantitative estimate of drug-likeness (QED) is 0.880. The highest BCUT2D eigenvalue weighted by atomic mass is 16.4. The van der Waals surface area contributed by atoms with Crippen LogP contribution in [0, 0.1) is 11.8 Å². The zero-order valence-corrected chi connectivity index (χ0v) is 13.1. The molecule has 0 amide bonds. The number of aromatic hydroxyl groups is 1. The molecule has 1 aromatic rings. The minimum atomic E-state index is -0.651. The Kier molecular flexibility index (Phi) is 2.86. The third-order valence-electron chi connectivity index (χ3n) is 6.77. The maximum Gasteiger partial charge on any atom is 0.308 e. The molecule has 22 heavy (non-hydrogen) atoms. The fourth-order valence-electron chi connectivity index (χ4n) is 5.70. The molecule has 5 rings (SSSR count). The molecule has 4 bridgehead atoms. The van der Waals surface area contributed by atoms with Gasteiger partial charge in [-0.15, -0.1) is 0 Å². The van der Waals surface area contributed by atoms with Gasteiger partial charge in [-0.2, -0.15) is 0 Å². The Morgan fingerprint density at radius 3 is 2.86 bits per heavy atom. The second kappa shape index (κ2) is 4.48. The van der Waals surface area contributed by atoms with Crippen LogP contribution in [0.2, 0.25) is 0 Å². The van der Waals surface area contributed by atoms with Crippen LogP contribution in [0.4, 0.5) is 0 Å². The molecule has 0 radical (unpaired) electrons. The van der Waals surface area contributed by atoms with Crippen LogP contribution in [-0.4, -0.2) is 40.2 Å². The predicted molar refractivity (Wildman–Crippen MR) is 83.0 cm³/mol. The fraction of sp³-hybridized carbons (Fsp3) is 0.611. The Hall–Kier alpha value is -1.55. The van der Waals surface area contributed by atoms with Crippen LogP contribution in [0.15, 0.2) is 18.2 Å². The van der Waals surface area contributed by atoms with E-state index in [1.165, 1.54) is 11.1 Å². The molecule has 3 fully saturated rings. The van der Waals surface area contributed by atoms with E-state index in [0.29, 0.717) is 17.7 Å². The smallest absolute Gasteiger partial charge is 0.308 e. The van der Waals surface area contributed by atoms with Crippen LogP contribution in [0.25, 0.3) is 0 Å². The van der Waals surface area contributed by atoms with E-state index >= 15 is 0 Å². The average Bonchev–Trinajstić information content (AvgIpc) is 2.51. The van der Waals surface area contributed by atoms with Crippen molar-refractivity contribution in [2.45, 2.75) is 50.1 Å². The van der Waals surface area contributed by atoms with Crippen molar-refractivity contribution in [3.05, 3.63) is 29.3 Å². The van der Waals surface area contributed by atoms with E-state index in [4.69, 9.17) is 0 Å². The maximum atomic E-state index is 11.6. The molecule has 4 heteroatoms. The van der Waals surface area contributed by atoms with Gasteiger partial charge in [0, 0.05) is 17.5 Å². The van der Waals surface area contributed by atoms with Gasteiger partial charge in [-0.25, -0.2) is 0 Å². The van der Waals surface area contributed by atoms with Crippen molar-refractivity contribution in [3.63, 3.8) is 0 Å². The number of benzene rings is 1. The van der Waals surface area contributed by atoms with Gasteiger partial charge < -0.3 is 10.2 Å². The molecule has 2 N–H and O–H groups in total. The molecule has 4 aliphatic rings. The lowest BCUT2D eigenvalue weighted by molar-refractivity contribution is -0.159. The summed E-state index contributed by atoms with van der Waals surface area (Å²) in [7, 11) is 2.10. The van der Waals surface area contributed by atoms with E-state index in [9.17, 15) is 15.0 Å². The Bertz CT molecular complexity index is 643. The average molecular weight is 301 g/mol. The van der Waals surface area contributed by atoms with E-state index in [1.807, 2.05) is 6.07 Å². The largest absolute Gasteiger partial charge is 0.508 e. The predicted octanol–water partition coefficient (Wildman–Crippen LogP) is 2.39. The van der Waals surface area contributed by atoms with Gasteiger partial charge in [0.15, 0.2) is 0 Å².